The molecule has 0 unspecified atom stereocenters. The second-order valence-electron chi connectivity index (χ2n) is 14.5. The minimum atomic E-state index is -2.13. The lowest BCUT2D eigenvalue weighted by atomic mass is 9.96. The van der Waals surface area contributed by atoms with Crippen LogP contribution in [0.1, 0.15) is 0 Å². The topological polar surface area (TPSA) is 43.3 Å². The Kier molecular flexibility index (Phi) is 7.29. The molecule has 0 saturated heterocycles. The van der Waals surface area contributed by atoms with Gasteiger partial charge in [-0.25, -0.2) is 14.8 Å². The smallest absolute Gasteiger partial charge is 0.188 e. The number of aromatic nitrogens is 2. The summed E-state index contributed by atoms with van der Waals surface area (Å²) < 4.78 is 6.40. The molecule has 3 heterocycles. The van der Waals surface area contributed by atoms with Crippen molar-refractivity contribution in [2.24, 2.45) is 0 Å². The molecule has 5 heteroatoms. The van der Waals surface area contributed by atoms with Crippen molar-refractivity contribution in [1.82, 2.24) is 9.97 Å². The van der Waals surface area contributed by atoms with Crippen LogP contribution >= 0.6 is 0 Å². The Hall–Kier alpha value is -6.87. The highest BCUT2D eigenvalue weighted by molar-refractivity contribution is 7.03. The third kappa shape index (κ3) is 5.11. The number of fused-ring (bicyclic) bond motifs is 6. The summed E-state index contributed by atoms with van der Waals surface area (Å²) in [6.45, 7) is 12.3. The predicted octanol–water partition coefficient (Wildman–Crippen LogP) is 12.1. The molecule has 0 N–H and O–H groups in total. The van der Waals surface area contributed by atoms with Crippen LogP contribution in [0.2, 0.25) is 13.1 Å². The van der Waals surface area contributed by atoms with Crippen LogP contribution in [0.5, 0.6) is 0 Å². The van der Waals surface area contributed by atoms with Crippen molar-refractivity contribution in [3.63, 3.8) is 0 Å². The van der Waals surface area contributed by atoms with Gasteiger partial charge in [-0.15, -0.1) is 0 Å². The molecule has 9 aromatic rings. The maximum atomic E-state index is 7.49. The molecule has 0 saturated carbocycles. The van der Waals surface area contributed by atoms with Crippen molar-refractivity contribution in [3.8, 4) is 67.2 Å². The molecule has 0 aliphatic carbocycles. The summed E-state index contributed by atoms with van der Waals surface area (Å²) in [7, 11) is -2.13. The van der Waals surface area contributed by atoms with E-state index in [1.165, 1.54) is 27.2 Å². The molecule has 54 heavy (non-hydrogen) atoms. The fourth-order valence-corrected chi connectivity index (χ4v) is 11.1. The zero-order valence-corrected chi connectivity index (χ0v) is 30.8. The number of nitrogens with zero attached hydrogens (tertiary/aromatic N) is 3. The molecule has 0 radical (unpaired) electrons. The molecule has 4 nitrogen and oxygen atoms in total. The Labute approximate surface area is 314 Å². The first kappa shape index (κ1) is 31.8. The van der Waals surface area contributed by atoms with Gasteiger partial charge in [-0.2, -0.15) is 0 Å². The number of hydrogen-bond donors (Lipinski definition) is 0. The standard InChI is InChI=1S/C49H33N3OSi/c1-50-38-25-26-43-42(30-38)40-23-12-22-39(47(40)53-43)35-18-9-16-33(27-35)34-17-11-20-37(29-34)48-51-46(36-19-10-15-32(28-36)31-13-5-4-6-14-31)45-41-21-7-8-24-44(41)54(2,3)49(45)52-48/h4-30H,2-3H3. The number of rotatable bonds is 5. The van der Waals surface area contributed by atoms with Gasteiger partial charge in [0, 0.05) is 38.3 Å². The van der Waals surface area contributed by atoms with E-state index < -0.39 is 8.07 Å². The molecular formula is C49H33N3OSi. The molecule has 1 aliphatic rings. The molecule has 254 valence electrons. The minimum absolute atomic E-state index is 0.605. The number of furan rings is 1. The molecule has 1 aliphatic heterocycles. The first-order valence-corrected chi connectivity index (χ1v) is 21.2. The van der Waals surface area contributed by atoms with E-state index in [4.69, 9.17) is 21.0 Å². The maximum absolute atomic E-state index is 7.49. The van der Waals surface area contributed by atoms with E-state index in [1.807, 2.05) is 18.2 Å². The second kappa shape index (κ2) is 12.4. The zero-order valence-electron chi connectivity index (χ0n) is 29.8. The van der Waals surface area contributed by atoms with Crippen LogP contribution < -0.4 is 10.5 Å². The molecule has 0 amide bonds. The Morgan fingerprint density at radius 3 is 1.93 bits per heavy atom. The van der Waals surface area contributed by atoms with E-state index in [-0.39, 0.29) is 0 Å². The van der Waals surface area contributed by atoms with Crippen LogP contribution in [0.4, 0.5) is 5.69 Å². The van der Waals surface area contributed by atoms with E-state index in [0.29, 0.717) is 5.69 Å². The van der Waals surface area contributed by atoms with Gasteiger partial charge < -0.3 is 4.42 Å². The van der Waals surface area contributed by atoms with Crippen molar-refractivity contribution in [2.45, 2.75) is 13.1 Å². The van der Waals surface area contributed by atoms with Gasteiger partial charge in [0.15, 0.2) is 11.5 Å². The summed E-state index contributed by atoms with van der Waals surface area (Å²) in [5.41, 5.74) is 14.3. The first-order valence-electron chi connectivity index (χ1n) is 18.2. The third-order valence-corrected chi connectivity index (χ3v) is 14.2. The van der Waals surface area contributed by atoms with Gasteiger partial charge in [0.25, 0.3) is 0 Å². The van der Waals surface area contributed by atoms with E-state index in [0.717, 1.165) is 72.4 Å². The molecule has 0 atom stereocenters. The Bertz CT molecular complexity index is 2990. The summed E-state index contributed by atoms with van der Waals surface area (Å²) in [5, 5.41) is 4.55. The SMILES string of the molecule is [C-]#[N+]c1ccc2oc3c(-c4cccc(-c5cccc(-c6nc(-c7cccc(-c8ccccc8)c7)c7c(n6)[Si](C)(C)c6ccccc6-7)c5)c4)cccc3c2c1. The lowest BCUT2D eigenvalue weighted by Crippen LogP contribution is -2.50. The fourth-order valence-electron chi connectivity index (χ4n) is 8.14. The van der Waals surface area contributed by atoms with Crippen LogP contribution in [0.25, 0.3) is 93.9 Å². The minimum Gasteiger partial charge on any atom is -0.456 e. The largest absolute Gasteiger partial charge is 0.456 e. The fraction of sp³-hybridized carbons (Fsp3) is 0.0408. The van der Waals surface area contributed by atoms with Crippen molar-refractivity contribution in [3.05, 3.63) is 175 Å². The monoisotopic (exact) mass is 707 g/mol. The maximum Gasteiger partial charge on any atom is 0.188 e. The van der Waals surface area contributed by atoms with Crippen molar-refractivity contribution in [2.75, 3.05) is 0 Å². The van der Waals surface area contributed by atoms with Crippen LogP contribution in [0.3, 0.4) is 0 Å². The number of hydrogen-bond acceptors (Lipinski definition) is 3. The Morgan fingerprint density at radius 1 is 0.519 bits per heavy atom. The average Bonchev–Trinajstić information content (AvgIpc) is 3.72. The highest BCUT2D eigenvalue weighted by Crippen LogP contribution is 2.40. The van der Waals surface area contributed by atoms with Gasteiger partial charge in [-0.1, -0.05) is 147 Å². The summed E-state index contributed by atoms with van der Waals surface area (Å²) in [6.07, 6.45) is 0. The predicted molar refractivity (Wildman–Crippen MR) is 225 cm³/mol. The summed E-state index contributed by atoms with van der Waals surface area (Å²) in [5.74, 6) is 0.742. The molecule has 0 bridgehead atoms. The molecule has 7 aromatic carbocycles. The van der Waals surface area contributed by atoms with Crippen LogP contribution in [0.15, 0.2) is 168 Å². The highest BCUT2D eigenvalue weighted by Gasteiger charge is 2.41. The lowest BCUT2D eigenvalue weighted by Gasteiger charge is -2.19. The normalized spacial score (nSPS) is 12.8. The molecular weight excluding hydrogens is 675 g/mol. The van der Waals surface area contributed by atoms with Crippen molar-refractivity contribution < 1.29 is 4.42 Å². The Balaban J connectivity index is 1.10. The van der Waals surface area contributed by atoms with Gasteiger partial charge in [0.05, 0.1) is 12.3 Å². The molecule has 0 spiro atoms. The van der Waals surface area contributed by atoms with Gasteiger partial charge in [-0.05, 0) is 68.9 Å². The second-order valence-corrected chi connectivity index (χ2v) is 18.7. The first-order chi connectivity index (χ1) is 26.5. The van der Waals surface area contributed by atoms with Gasteiger partial charge >= 0.3 is 0 Å². The average molecular weight is 708 g/mol. The van der Waals surface area contributed by atoms with Gasteiger partial charge in [0.2, 0.25) is 0 Å². The highest BCUT2D eigenvalue weighted by atomic mass is 28.3. The van der Waals surface area contributed by atoms with E-state index in [2.05, 4.69) is 164 Å². The van der Waals surface area contributed by atoms with E-state index >= 15 is 0 Å². The molecule has 10 rings (SSSR count). The van der Waals surface area contributed by atoms with Gasteiger partial charge in [0.1, 0.15) is 19.2 Å². The third-order valence-electron chi connectivity index (χ3n) is 10.9. The summed E-state index contributed by atoms with van der Waals surface area (Å²) >= 11 is 0. The van der Waals surface area contributed by atoms with Crippen LogP contribution in [0, 0.1) is 6.57 Å². The quantitative estimate of drug-likeness (QED) is 0.132. The Morgan fingerprint density at radius 2 is 1.13 bits per heavy atom. The number of para-hydroxylation sites is 1. The van der Waals surface area contributed by atoms with Crippen LogP contribution in [-0.4, -0.2) is 18.0 Å². The van der Waals surface area contributed by atoms with Gasteiger partial charge in [-0.3, -0.25) is 0 Å². The zero-order chi connectivity index (χ0) is 36.4. The summed E-state index contributed by atoms with van der Waals surface area (Å²) in [4.78, 5) is 14.5. The lowest BCUT2D eigenvalue weighted by molar-refractivity contribution is 0.670. The van der Waals surface area contributed by atoms with Crippen molar-refractivity contribution >= 4 is 46.2 Å². The van der Waals surface area contributed by atoms with Crippen LogP contribution in [-0.2, 0) is 0 Å². The van der Waals surface area contributed by atoms with E-state index in [1.54, 1.807) is 0 Å². The molecule has 0 fully saturated rings. The van der Waals surface area contributed by atoms with E-state index in [9.17, 15) is 0 Å². The van der Waals surface area contributed by atoms with Crippen molar-refractivity contribution in [1.29, 1.82) is 0 Å². The number of benzene rings is 7. The molecule has 2 aromatic heterocycles. The summed E-state index contributed by atoms with van der Waals surface area (Å²) in [6, 6.07) is 57.2.